The van der Waals surface area contributed by atoms with Crippen molar-refractivity contribution in [2.45, 2.75) is 31.2 Å². The third kappa shape index (κ3) is 4.34. The van der Waals surface area contributed by atoms with Crippen LogP contribution in [0.25, 0.3) is 0 Å². The quantitative estimate of drug-likeness (QED) is 0.751. The normalized spacial score (nSPS) is 11.7. The Bertz CT molecular complexity index is 276. The van der Waals surface area contributed by atoms with Gasteiger partial charge in [0.05, 0.1) is 0 Å². The Kier molecular flexibility index (Phi) is 3.40. The van der Waals surface area contributed by atoms with Gasteiger partial charge in [0.25, 0.3) is 0 Å². The van der Waals surface area contributed by atoms with Crippen LogP contribution < -0.4 is 5.73 Å². The van der Waals surface area contributed by atoms with Crippen molar-refractivity contribution in [3.8, 4) is 0 Å². The van der Waals surface area contributed by atoms with Crippen LogP contribution >= 0.6 is 11.8 Å². The van der Waals surface area contributed by atoms with Gasteiger partial charge in [0, 0.05) is 16.2 Å². The van der Waals surface area contributed by atoms with Crippen molar-refractivity contribution in [3.05, 3.63) is 29.8 Å². The van der Waals surface area contributed by atoms with Crippen LogP contribution in [0.4, 0.5) is 0 Å². The molecule has 0 aliphatic rings. The van der Waals surface area contributed by atoms with Gasteiger partial charge in [-0.05, 0) is 32.9 Å². The summed E-state index contributed by atoms with van der Waals surface area (Å²) in [7, 11) is 0. The van der Waals surface area contributed by atoms with Crippen LogP contribution in [-0.4, -0.2) is 11.3 Å². The summed E-state index contributed by atoms with van der Waals surface area (Å²) in [4.78, 5) is 1.30. The molecular formula is C11H17NS. The van der Waals surface area contributed by atoms with Crippen LogP contribution in [0.15, 0.2) is 29.2 Å². The maximum atomic E-state index is 5.90. The lowest BCUT2D eigenvalue weighted by Gasteiger charge is -2.17. The van der Waals surface area contributed by atoms with Crippen LogP contribution in [0.2, 0.25) is 0 Å². The smallest absolute Gasteiger partial charge is 0.0192 e. The second kappa shape index (κ2) is 4.16. The Hall–Kier alpha value is -0.470. The van der Waals surface area contributed by atoms with Crippen molar-refractivity contribution in [1.82, 2.24) is 0 Å². The van der Waals surface area contributed by atoms with Gasteiger partial charge >= 0.3 is 0 Å². The number of hydrogen-bond acceptors (Lipinski definition) is 2. The van der Waals surface area contributed by atoms with Gasteiger partial charge in [-0.1, -0.05) is 17.7 Å². The number of benzene rings is 1. The fourth-order valence-electron chi connectivity index (χ4n) is 0.974. The molecule has 2 heteroatoms. The molecule has 72 valence electrons. The highest BCUT2D eigenvalue weighted by Crippen LogP contribution is 2.21. The summed E-state index contributed by atoms with van der Waals surface area (Å²) in [5, 5.41) is 0. The molecule has 1 nitrogen and oxygen atoms in total. The van der Waals surface area contributed by atoms with Crippen molar-refractivity contribution < 1.29 is 0 Å². The zero-order valence-corrected chi connectivity index (χ0v) is 9.32. The van der Waals surface area contributed by atoms with E-state index in [2.05, 4.69) is 45.0 Å². The van der Waals surface area contributed by atoms with Crippen LogP contribution in [0, 0.1) is 6.92 Å². The van der Waals surface area contributed by atoms with Crippen LogP contribution in [0.5, 0.6) is 0 Å². The molecule has 1 aromatic carbocycles. The molecule has 2 N–H and O–H groups in total. The molecule has 0 heterocycles. The van der Waals surface area contributed by atoms with E-state index in [9.17, 15) is 0 Å². The fourth-order valence-corrected chi connectivity index (χ4v) is 1.96. The Morgan fingerprint density at radius 2 is 2.08 bits per heavy atom. The summed E-state index contributed by atoms with van der Waals surface area (Å²) in [6, 6.07) is 8.51. The van der Waals surface area contributed by atoms with E-state index >= 15 is 0 Å². The highest BCUT2D eigenvalue weighted by atomic mass is 32.2. The summed E-state index contributed by atoms with van der Waals surface area (Å²) in [6.45, 7) is 6.21. The molecule has 1 aromatic rings. The van der Waals surface area contributed by atoms with E-state index in [0.29, 0.717) is 0 Å². The molecule has 13 heavy (non-hydrogen) atoms. The van der Waals surface area contributed by atoms with Crippen LogP contribution in [-0.2, 0) is 0 Å². The van der Waals surface area contributed by atoms with E-state index in [1.807, 2.05) is 11.8 Å². The molecule has 0 atom stereocenters. The third-order valence-electron chi connectivity index (χ3n) is 1.60. The molecule has 1 rings (SSSR count). The van der Waals surface area contributed by atoms with Gasteiger partial charge in [-0.2, -0.15) is 0 Å². The molecule has 0 saturated carbocycles. The number of nitrogens with two attached hydrogens (primary N) is 1. The predicted molar refractivity (Wildman–Crippen MR) is 60.2 cm³/mol. The zero-order valence-electron chi connectivity index (χ0n) is 8.50. The van der Waals surface area contributed by atoms with E-state index in [0.717, 1.165) is 5.75 Å². The molecule has 0 aliphatic carbocycles. The standard InChI is InChI=1S/C11H17NS/c1-9-5-4-6-10(7-9)13-8-11(2,3)12/h4-7H,8,12H2,1-3H3. The minimum atomic E-state index is -0.0889. The van der Waals surface area contributed by atoms with Crippen molar-refractivity contribution in [1.29, 1.82) is 0 Å². The summed E-state index contributed by atoms with van der Waals surface area (Å²) < 4.78 is 0. The van der Waals surface area contributed by atoms with Gasteiger partial charge in [-0.15, -0.1) is 11.8 Å². The van der Waals surface area contributed by atoms with Crippen molar-refractivity contribution in [2.75, 3.05) is 5.75 Å². The van der Waals surface area contributed by atoms with Crippen molar-refractivity contribution >= 4 is 11.8 Å². The highest BCUT2D eigenvalue weighted by Gasteiger charge is 2.10. The van der Waals surface area contributed by atoms with Gasteiger partial charge < -0.3 is 5.73 Å². The summed E-state index contributed by atoms with van der Waals surface area (Å²) in [5.41, 5.74) is 7.12. The zero-order chi connectivity index (χ0) is 9.90. The van der Waals surface area contributed by atoms with E-state index < -0.39 is 0 Å². The SMILES string of the molecule is Cc1cccc(SCC(C)(C)N)c1. The average Bonchev–Trinajstić information content (AvgIpc) is 2.00. The molecule has 0 fully saturated rings. The first-order chi connectivity index (χ1) is 5.97. The maximum Gasteiger partial charge on any atom is 0.0192 e. The lowest BCUT2D eigenvalue weighted by Crippen LogP contribution is -2.34. The second-order valence-electron chi connectivity index (χ2n) is 4.09. The van der Waals surface area contributed by atoms with E-state index in [1.165, 1.54) is 10.5 Å². The van der Waals surface area contributed by atoms with Crippen LogP contribution in [0.3, 0.4) is 0 Å². The number of thioether (sulfide) groups is 1. The number of rotatable bonds is 3. The van der Waals surface area contributed by atoms with Gasteiger partial charge in [-0.3, -0.25) is 0 Å². The first-order valence-corrected chi connectivity index (χ1v) is 5.44. The molecule has 0 radical (unpaired) electrons. The average molecular weight is 195 g/mol. The summed E-state index contributed by atoms with van der Waals surface area (Å²) in [6.07, 6.45) is 0. The Balaban J connectivity index is 2.55. The van der Waals surface area contributed by atoms with Crippen molar-refractivity contribution in [3.63, 3.8) is 0 Å². The first-order valence-electron chi connectivity index (χ1n) is 4.46. The van der Waals surface area contributed by atoms with Crippen LogP contribution in [0.1, 0.15) is 19.4 Å². The largest absolute Gasteiger partial charge is 0.325 e. The topological polar surface area (TPSA) is 26.0 Å². The highest BCUT2D eigenvalue weighted by molar-refractivity contribution is 7.99. The molecule has 0 spiro atoms. The van der Waals surface area contributed by atoms with E-state index in [-0.39, 0.29) is 5.54 Å². The number of aryl methyl sites for hydroxylation is 1. The van der Waals surface area contributed by atoms with Crippen molar-refractivity contribution in [2.24, 2.45) is 5.73 Å². The Morgan fingerprint density at radius 1 is 1.38 bits per heavy atom. The minimum Gasteiger partial charge on any atom is -0.325 e. The van der Waals surface area contributed by atoms with Gasteiger partial charge in [0.15, 0.2) is 0 Å². The third-order valence-corrected chi connectivity index (χ3v) is 3.08. The summed E-state index contributed by atoms with van der Waals surface area (Å²) in [5.74, 6) is 0.955. The maximum absolute atomic E-state index is 5.90. The Labute approximate surface area is 84.7 Å². The fraction of sp³-hybridized carbons (Fsp3) is 0.455. The molecule has 0 bridgehead atoms. The molecular weight excluding hydrogens is 178 g/mol. The molecule has 0 amide bonds. The van der Waals surface area contributed by atoms with Gasteiger partial charge in [0.1, 0.15) is 0 Å². The molecule has 0 aliphatic heterocycles. The van der Waals surface area contributed by atoms with Gasteiger partial charge in [0.2, 0.25) is 0 Å². The Morgan fingerprint density at radius 3 is 2.62 bits per heavy atom. The first kappa shape index (κ1) is 10.6. The van der Waals surface area contributed by atoms with E-state index in [4.69, 9.17) is 5.73 Å². The second-order valence-corrected chi connectivity index (χ2v) is 5.14. The predicted octanol–water partition coefficient (Wildman–Crippen LogP) is 2.82. The summed E-state index contributed by atoms with van der Waals surface area (Å²) >= 11 is 1.82. The molecule has 0 aromatic heterocycles. The molecule has 0 saturated heterocycles. The van der Waals surface area contributed by atoms with E-state index in [1.54, 1.807) is 0 Å². The lowest BCUT2D eigenvalue weighted by atomic mass is 10.1. The molecule has 0 unspecified atom stereocenters. The lowest BCUT2D eigenvalue weighted by molar-refractivity contribution is 0.591. The number of hydrogen-bond donors (Lipinski definition) is 1. The monoisotopic (exact) mass is 195 g/mol. The van der Waals surface area contributed by atoms with Gasteiger partial charge in [-0.25, -0.2) is 0 Å². The minimum absolute atomic E-state index is 0.0889.